The Hall–Kier alpha value is -2.83. The van der Waals surface area contributed by atoms with E-state index in [0.29, 0.717) is 17.8 Å². The van der Waals surface area contributed by atoms with Gasteiger partial charge < -0.3 is 15.6 Å². The third kappa shape index (κ3) is 4.09. The van der Waals surface area contributed by atoms with E-state index < -0.39 is 0 Å². The first-order valence-corrected chi connectivity index (χ1v) is 7.45. The van der Waals surface area contributed by atoms with Crippen molar-refractivity contribution in [2.24, 2.45) is 0 Å². The van der Waals surface area contributed by atoms with E-state index in [-0.39, 0.29) is 24.0 Å². The molecule has 1 aromatic carbocycles. The zero-order valence-corrected chi connectivity index (χ0v) is 13.2. The maximum Gasteiger partial charge on any atom is 0.330 e. The highest BCUT2D eigenvalue weighted by Gasteiger charge is 2.09. The van der Waals surface area contributed by atoms with Crippen LogP contribution in [0.25, 0.3) is 5.69 Å². The van der Waals surface area contributed by atoms with Gasteiger partial charge in [0.05, 0.1) is 12.2 Å². The number of benzene rings is 1. The van der Waals surface area contributed by atoms with E-state index in [4.69, 9.17) is 0 Å². The zero-order valence-electron chi connectivity index (χ0n) is 13.2. The van der Waals surface area contributed by atoms with Crippen molar-refractivity contribution in [3.63, 3.8) is 0 Å². The van der Waals surface area contributed by atoms with Gasteiger partial charge in [0.15, 0.2) is 0 Å². The molecule has 0 spiro atoms. The standard InChI is InChI=1S/C16H20N4O3/c1-3-8-17-14(21)10-18-15(22)12-4-6-13(7-5-12)20-11(2)9-19-16(20)23/h4-7,9H,3,8,10H2,1-2H3,(H,17,21)(H,18,22)(H,19,23). The van der Waals surface area contributed by atoms with Crippen molar-refractivity contribution in [3.05, 3.63) is 52.2 Å². The number of rotatable bonds is 6. The lowest BCUT2D eigenvalue weighted by Crippen LogP contribution is -2.37. The highest BCUT2D eigenvalue weighted by molar-refractivity contribution is 5.96. The molecule has 2 rings (SSSR count). The Morgan fingerprint density at radius 1 is 1.17 bits per heavy atom. The molecule has 0 radical (unpaired) electrons. The van der Waals surface area contributed by atoms with Gasteiger partial charge in [-0.2, -0.15) is 0 Å². The summed E-state index contributed by atoms with van der Waals surface area (Å²) in [5.74, 6) is -0.548. The van der Waals surface area contributed by atoms with E-state index in [2.05, 4.69) is 15.6 Å². The number of carbonyl (C=O) groups is 2. The Kier molecular flexibility index (Phi) is 5.35. The SMILES string of the molecule is CCCNC(=O)CNC(=O)c1ccc(-n2c(C)c[nH]c2=O)cc1. The summed E-state index contributed by atoms with van der Waals surface area (Å²) in [6.45, 7) is 4.30. The van der Waals surface area contributed by atoms with Crippen LogP contribution in [0.2, 0.25) is 0 Å². The normalized spacial score (nSPS) is 10.3. The molecule has 23 heavy (non-hydrogen) atoms. The van der Waals surface area contributed by atoms with Crippen molar-refractivity contribution in [3.8, 4) is 5.69 Å². The van der Waals surface area contributed by atoms with Gasteiger partial charge in [-0.1, -0.05) is 6.92 Å². The van der Waals surface area contributed by atoms with E-state index >= 15 is 0 Å². The van der Waals surface area contributed by atoms with Gasteiger partial charge in [0, 0.05) is 24.0 Å². The van der Waals surface area contributed by atoms with Crippen LogP contribution in [0.4, 0.5) is 0 Å². The minimum Gasteiger partial charge on any atom is -0.355 e. The van der Waals surface area contributed by atoms with Crippen LogP contribution in [-0.4, -0.2) is 34.5 Å². The van der Waals surface area contributed by atoms with Gasteiger partial charge in [0.1, 0.15) is 0 Å². The van der Waals surface area contributed by atoms with Crippen LogP contribution in [-0.2, 0) is 4.79 Å². The molecular formula is C16H20N4O3. The molecule has 0 aliphatic heterocycles. The van der Waals surface area contributed by atoms with Crippen LogP contribution < -0.4 is 16.3 Å². The fraction of sp³-hybridized carbons (Fsp3) is 0.312. The van der Waals surface area contributed by atoms with Crippen molar-refractivity contribution in [1.29, 1.82) is 0 Å². The second kappa shape index (κ2) is 7.44. The van der Waals surface area contributed by atoms with Crippen LogP contribution in [0.5, 0.6) is 0 Å². The number of nitrogens with zero attached hydrogens (tertiary/aromatic N) is 1. The summed E-state index contributed by atoms with van der Waals surface area (Å²) in [5.41, 5.74) is 1.65. The first-order chi connectivity index (χ1) is 11.0. The van der Waals surface area contributed by atoms with Gasteiger partial charge in [-0.15, -0.1) is 0 Å². The average Bonchev–Trinajstić information content (AvgIpc) is 2.89. The molecule has 7 nitrogen and oxygen atoms in total. The number of H-pyrrole nitrogens is 1. The lowest BCUT2D eigenvalue weighted by atomic mass is 10.2. The van der Waals surface area contributed by atoms with Crippen molar-refractivity contribution >= 4 is 11.8 Å². The lowest BCUT2D eigenvalue weighted by molar-refractivity contribution is -0.120. The van der Waals surface area contributed by atoms with Crippen molar-refractivity contribution in [1.82, 2.24) is 20.2 Å². The predicted octanol–water partition coefficient (Wildman–Crippen LogP) is 0.730. The van der Waals surface area contributed by atoms with Gasteiger partial charge >= 0.3 is 5.69 Å². The molecule has 0 atom stereocenters. The number of aryl methyl sites for hydroxylation is 1. The molecule has 0 saturated carbocycles. The van der Waals surface area contributed by atoms with Crippen LogP contribution in [0.1, 0.15) is 29.4 Å². The van der Waals surface area contributed by atoms with Crippen LogP contribution in [0.15, 0.2) is 35.3 Å². The zero-order chi connectivity index (χ0) is 16.8. The first kappa shape index (κ1) is 16.5. The second-order valence-corrected chi connectivity index (χ2v) is 5.15. The largest absolute Gasteiger partial charge is 0.355 e. The van der Waals surface area contributed by atoms with E-state index in [1.54, 1.807) is 30.5 Å². The molecule has 0 bridgehead atoms. The fourth-order valence-corrected chi connectivity index (χ4v) is 2.13. The van der Waals surface area contributed by atoms with Gasteiger partial charge in [-0.3, -0.25) is 14.2 Å². The minimum absolute atomic E-state index is 0.0586. The monoisotopic (exact) mass is 316 g/mol. The molecule has 122 valence electrons. The summed E-state index contributed by atoms with van der Waals surface area (Å²) < 4.78 is 1.51. The third-order valence-electron chi connectivity index (χ3n) is 3.33. The van der Waals surface area contributed by atoms with Crippen molar-refractivity contribution < 1.29 is 9.59 Å². The average molecular weight is 316 g/mol. The fourth-order valence-electron chi connectivity index (χ4n) is 2.13. The number of imidazole rings is 1. The summed E-state index contributed by atoms with van der Waals surface area (Å²) >= 11 is 0. The third-order valence-corrected chi connectivity index (χ3v) is 3.33. The minimum atomic E-state index is -0.332. The molecule has 0 aliphatic rings. The quantitative estimate of drug-likeness (QED) is 0.733. The summed E-state index contributed by atoms with van der Waals surface area (Å²) in [6, 6.07) is 6.61. The van der Waals surface area contributed by atoms with Gasteiger partial charge in [0.25, 0.3) is 5.91 Å². The number of aromatic amines is 1. The predicted molar refractivity (Wildman–Crippen MR) is 86.8 cm³/mol. The Morgan fingerprint density at radius 2 is 1.87 bits per heavy atom. The Morgan fingerprint density at radius 3 is 2.43 bits per heavy atom. The summed E-state index contributed by atoms with van der Waals surface area (Å²) in [6.07, 6.45) is 2.47. The number of amides is 2. The number of nitrogens with one attached hydrogen (secondary N) is 3. The Labute approximate surface area is 133 Å². The number of carbonyl (C=O) groups excluding carboxylic acids is 2. The number of hydrogen-bond acceptors (Lipinski definition) is 3. The van der Waals surface area contributed by atoms with Crippen LogP contribution in [0, 0.1) is 6.92 Å². The molecule has 1 aromatic heterocycles. The number of aromatic nitrogens is 2. The molecule has 3 N–H and O–H groups in total. The highest BCUT2D eigenvalue weighted by atomic mass is 16.2. The van der Waals surface area contributed by atoms with Crippen LogP contribution >= 0.6 is 0 Å². The highest BCUT2D eigenvalue weighted by Crippen LogP contribution is 2.10. The molecule has 1 heterocycles. The smallest absolute Gasteiger partial charge is 0.330 e. The van der Waals surface area contributed by atoms with Crippen molar-refractivity contribution in [2.45, 2.75) is 20.3 Å². The van der Waals surface area contributed by atoms with Crippen molar-refractivity contribution in [2.75, 3.05) is 13.1 Å². The van der Waals surface area contributed by atoms with E-state index in [0.717, 1.165) is 12.1 Å². The molecule has 2 aromatic rings. The molecule has 0 aliphatic carbocycles. The summed E-state index contributed by atoms with van der Waals surface area (Å²) in [7, 11) is 0. The molecule has 7 heteroatoms. The van der Waals surface area contributed by atoms with Gasteiger partial charge in [-0.05, 0) is 37.6 Å². The van der Waals surface area contributed by atoms with E-state index in [9.17, 15) is 14.4 Å². The molecule has 2 amide bonds. The molecular weight excluding hydrogens is 296 g/mol. The lowest BCUT2D eigenvalue weighted by Gasteiger charge is -2.08. The topological polar surface area (TPSA) is 96.0 Å². The molecule has 0 saturated heterocycles. The maximum absolute atomic E-state index is 12.0. The Balaban J connectivity index is 2.01. The Bertz CT molecular complexity index is 743. The maximum atomic E-state index is 12.0. The van der Waals surface area contributed by atoms with E-state index in [1.807, 2.05) is 13.8 Å². The van der Waals surface area contributed by atoms with Gasteiger partial charge in [-0.25, -0.2) is 4.79 Å². The molecule has 0 fully saturated rings. The second-order valence-electron chi connectivity index (χ2n) is 5.15. The number of hydrogen-bond donors (Lipinski definition) is 3. The van der Waals surface area contributed by atoms with E-state index in [1.165, 1.54) is 4.57 Å². The first-order valence-electron chi connectivity index (χ1n) is 7.45. The van der Waals surface area contributed by atoms with Gasteiger partial charge in [0.2, 0.25) is 5.91 Å². The summed E-state index contributed by atoms with van der Waals surface area (Å²) in [5, 5.41) is 5.24. The molecule has 0 unspecified atom stereocenters. The summed E-state index contributed by atoms with van der Waals surface area (Å²) in [4.78, 5) is 37.8. The van der Waals surface area contributed by atoms with Crippen LogP contribution in [0.3, 0.4) is 0 Å².